The topological polar surface area (TPSA) is 105 Å². The van der Waals surface area contributed by atoms with Crippen LogP contribution in [0.15, 0.2) is 48.5 Å². The van der Waals surface area contributed by atoms with E-state index in [0.29, 0.717) is 12.8 Å². The second-order valence-corrected chi connectivity index (χ2v) is 8.87. The molecule has 1 aliphatic carbocycles. The van der Waals surface area contributed by atoms with E-state index in [-0.39, 0.29) is 24.9 Å². The molecule has 2 aromatic carbocycles. The third-order valence-electron chi connectivity index (χ3n) is 5.93. The number of carbonyl (C=O) groups excluding carboxylic acids is 2. The number of amides is 2. The van der Waals surface area contributed by atoms with E-state index in [0.717, 1.165) is 22.3 Å². The van der Waals surface area contributed by atoms with Crippen molar-refractivity contribution in [2.75, 3.05) is 6.61 Å². The summed E-state index contributed by atoms with van der Waals surface area (Å²) in [7, 11) is 0. The van der Waals surface area contributed by atoms with Gasteiger partial charge in [-0.1, -0.05) is 69.3 Å². The van der Waals surface area contributed by atoms with E-state index in [2.05, 4.69) is 34.9 Å². The largest absolute Gasteiger partial charge is 0.480 e. The van der Waals surface area contributed by atoms with Gasteiger partial charge in [0.15, 0.2) is 0 Å². The Morgan fingerprint density at radius 2 is 1.55 bits per heavy atom. The van der Waals surface area contributed by atoms with Crippen molar-refractivity contribution in [2.45, 2.75) is 58.0 Å². The van der Waals surface area contributed by atoms with E-state index in [1.54, 1.807) is 0 Å². The number of carboxylic acid groups (broad SMARTS) is 1. The number of carbonyl (C=O) groups is 3. The molecule has 3 N–H and O–H groups in total. The van der Waals surface area contributed by atoms with E-state index in [1.165, 1.54) is 0 Å². The van der Waals surface area contributed by atoms with Gasteiger partial charge in [-0.15, -0.1) is 0 Å². The van der Waals surface area contributed by atoms with Crippen molar-refractivity contribution >= 4 is 18.0 Å². The Bertz CT molecular complexity index is 958. The summed E-state index contributed by atoms with van der Waals surface area (Å²) < 4.78 is 5.55. The molecule has 0 radical (unpaired) electrons. The molecule has 0 saturated carbocycles. The molecule has 176 valence electrons. The summed E-state index contributed by atoms with van der Waals surface area (Å²) in [5.74, 6) is -1.38. The van der Waals surface area contributed by atoms with E-state index >= 15 is 0 Å². The van der Waals surface area contributed by atoms with Crippen LogP contribution in [0.25, 0.3) is 11.1 Å². The van der Waals surface area contributed by atoms with Crippen molar-refractivity contribution in [3.63, 3.8) is 0 Å². The number of benzene rings is 2. The van der Waals surface area contributed by atoms with Crippen molar-refractivity contribution in [1.82, 2.24) is 10.6 Å². The lowest BCUT2D eigenvalue weighted by atomic mass is 9.98. The summed E-state index contributed by atoms with van der Waals surface area (Å²) in [6, 6.07) is 14.8. The number of nitrogens with one attached hydrogen (secondary N) is 2. The van der Waals surface area contributed by atoms with Gasteiger partial charge >= 0.3 is 12.1 Å². The lowest BCUT2D eigenvalue weighted by molar-refractivity contribution is -0.142. The summed E-state index contributed by atoms with van der Waals surface area (Å²) in [6.07, 6.45) is 0.258. The molecule has 0 bridgehead atoms. The molecule has 1 unspecified atom stereocenters. The molecular weight excluding hydrogens is 420 g/mol. The van der Waals surface area contributed by atoms with Crippen LogP contribution >= 0.6 is 0 Å². The first kappa shape index (κ1) is 24.3. The van der Waals surface area contributed by atoms with Crippen molar-refractivity contribution in [3.8, 4) is 11.1 Å². The van der Waals surface area contributed by atoms with Gasteiger partial charge in [-0.2, -0.15) is 0 Å². The minimum atomic E-state index is -1.06. The maximum atomic E-state index is 12.5. The Morgan fingerprint density at radius 1 is 0.970 bits per heavy atom. The molecule has 7 heteroatoms. The molecule has 0 aromatic heterocycles. The number of alkyl carbamates (subject to hydrolysis) is 1. The summed E-state index contributed by atoms with van der Waals surface area (Å²) in [4.78, 5) is 36.2. The number of hydrogen-bond acceptors (Lipinski definition) is 4. The van der Waals surface area contributed by atoms with Crippen LogP contribution in [0.1, 0.15) is 57.1 Å². The third-order valence-corrected chi connectivity index (χ3v) is 5.93. The summed E-state index contributed by atoms with van der Waals surface area (Å²) in [6.45, 7) is 5.84. The van der Waals surface area contributed by atoms with Crippen LogP contribution in [0.3, 0.4) is 0 Å². The van der Waals surface area contributed by atoms with Crippen LogP contribution in [0.2, 0.25) is 0 Å². The third kappa shape index (κ3) is 6.12. The minimum Gasteiger partial charge on any atom is -0.480 e. The normalized spacial score (nSPS) is 14.2. The molecule has 3 rings (SSSR count). The van der Waals surface area contributed by atoms with Gasteiger partial charge in [0, 0.05) is 18.4 Å². The molecule has 0 fully saturated rings. The molecule has 2 amide bonds. The number of carboxylic acids is 1. The Labute approximate surface area is 194 Å². The minimum absolute atomic E-state index is 0.0113. The highest BCUT2D eigenvalue weighted by molar-refractivity contribution is 5.84. The summed E-state index contributed by atoms with van der Waals surface area (Å²) in [5, 5.41) is 14.6. The molecule has 0 heterocycles. The van der Waals surface area contributed by atoms with Crippen LogP contribution in [0, 0.1) is 5.92 Å². The van der Waals surface area contributed by atoms with Crippen LogP contribution in [-0.4, -0.2) is 41.8 Å². The second-order valence-electron chi connectivity index (χ2n) is 8.87. The zero-order chi connectivity index (χ0) is 24.0. The Hall–Kier alpha value is -3.35. The van der Waals surface area contributed by atoms with E-state index < -0.39 is 30.1 Å². The number of rotatable bonds is 10. The van der Waals surface area contributed by atoms with Gasteiger partial charge in [0.1, 0.15) is 12.6 Å². The zero-order valence-electron chi connectivity index (χ0n) is 19.3. The van der Waals surface area contributed by atoms with E-state index in [1.807, 2.05) is 45.0 Å². The molecule has 2 atom stereocenters. The number of aliphatic carboxylic acids is 1. The maximum absolute atomic E-state index is 12.5. The van der Waals surface area contributed by atoms with Crippen LogP contribution in [0.5, 0.6) is 0 Å². The van der Waals surface area contributed by atoms with Crippen LogP contribution < -0.4 is 10.6 Å². The predicted octanol–water partition coefficient (Wildman–Crippen LogP) is 4.31. The monoisotopic (exact) mass is 452 g/mol. The predicted molar refractivity (Wildman–Crippen MR) is 126 cm³/mol. The van der Waals surface area contributed by atoms with Crippen molar-refractivity contribution < 1.29 is 24.2 Å². The van der Waals surface area contributed by atoms with Gasteiger partial charge in [0.25, 0.3) is 0 Å². The molecule has 33 heavy (non-hydrogen) atoms. The Kier molecular flexibility index (Phi) is 8.09. The highest BCUT2D eigenvalue weighted by Crippen LogP contribution is 2.44. The molecule has 7 nitrogen and oxygen atoms in total. The van der Waals surface area contributed by atoms with E-state index in [4.69, 9.17) is 4.74 Å². The molecule has 0 aliphatic heterocycles. The zero-order valence-corrected chi connectivity index (χ0v) is 19.3. The Balaban J connectivity index is 1.55. The standard InChI is InChI=1S/C26H32N2O5/c1-4-17(14-24(29)28-23(25(30)31)13-16(2)3)27-26(32)33-15-22-20-11-7-5-9-18(20)19-10-6-8-12-21(19)22/h5-12,16-17,22-23H,4,13-15H2,1-3H3,(H,27,32)(H,28,29)(H,30,31)/t17-,23?/m0/s1. The fourth-order valence-electron chi connectivity index (χ4n) is 4.27. The van der Waals surface area contributed by atoms with Gasteiger partial charge in [-0.3, -0.25) is 4.79 Å². The van der Waals surface area contributed by atoms with Crippen LogP contribution in [-0.2, 0) is 14.3 Å². The summed E-state index contributed by atoms with van der Waals surface area (Å²) in [5.41, 5.74) is 4.56. The van der Waals surface area contributed by atoms with Gasteiger partial charge in [-0.05, 0) is 41.0 Å². The highest BCUT2D eigenvalue weighted by atomic mass is 16.5. The smallest absolute Gasteiger partial charge is 0.407 e. The first-order valence-corrected chi connectivity index (χ1v) is 11.4. The van der Waals surface area contributed by atoms with Crippen LogP contribution in [0.4, 0.5) is 4.79 Å². The fourth-order valence-corrected chi connectivity index (χ4v) is 4.27. The lowest BCUT2D eigenvalue weighted by Crippen LogP contribution is -2.45. The molecule has 2 aromatic rings. The average Bonchev–Trinajstić information content (AvgIpc) is 3.10. The SMILES string of the molecule is CC[C@@H](CC(=O)NC(CC(C)C)C(=O)O)NC(=O)OCC1c2ccccc2-c2ccccc21. The average molecular weight is 453 g/mol. The van der Waals surface area contributed by atoms with Gasteiger partial charge in [-0.25, -0.2) is 9.59 Å². The quantitative estimate of drug-likeness (QED) is 0.498. The molecule has 0 saturated heterocycles. The Morgan fingerprint density at radius 3 is 2.06 bits per heavy atom. The van der Waals surface area contributed by atoms with Gasteiger partial charge < -0.3 is 20.5 Å². The summed E-state index contributed by atoms with van der Waals surface area (Å²) >= 11 is 0. The molecule has 1 aliphatic rings. The van der Waals surface area contributed by atoms with Crippen molar-refractivity contribution in [1.29, 1.82) is 0 Å². The first-order chi connectivity index (χ1) is 15.8. The lowest BCUT2D eigenvalue weighted by Gasteiger charge is -2.20. The van der Waals surface area contributed by atoms with E-state index in [9.17, 15) is 19.5 Å². The second kappa shape index (κ2) is 11.0. The number of fused-ring (bicyclic) bond motifs is 3. The van der Waals surface area contributed by atoms with Gasteiger partial charge in [0.2, 0.25) is 5.91 Å². The molecule has 0 spiro atoms. The number of ether oxygens (including phenoxy) is 1. The fraction of sp³-hybridized carbons (Fsp3) is 0.423. The van der Waals surface area contributed by atoms with Gasteiger partial charge in [0.05, 0.1) is 0 Å². The maximum Gasteiger partial charge on any atom is 0.407 e. The first-order valence-electron chi connectivity index (χ1n) is 11.4. The van der Waals surface area contributed by atoms with Crippen molar-refractivity contribution in [3.05, 3.63) is 59.7 Å². The molecular formula is C26H32N2O5. The highest BCUT2D eigenvalue weighted by Gasteiger charge is 2.29. The van der Waals surface area contributed by atoms with Crippen molar-refractivity contribution in [2.24, 2.45) is 5.92 Å². The number of hydrogen-bond donors (Lipinski definition) is 3.